The monoisotopic (exact) mass is 259 g/mol. The van der Waals surface area contributed by atoms with Gasteiger partial charge in [0, 0.05) is 29.9 Å². The minimum Gasteiger partial charge on any atom is -0.314 e. The molecule has 1 aliphatic heterocycles. The van der Waals surface area contributed by atoms with Crippen molar-refractivity contribution in [3.05, 3.63) is 0 Å². The van der Waals surface area contributed by atoms with Crippen LogP contribution in [0.3, 0.4) is 0 Å². The molecule has 0 spiro atoms. The normalized spacial score (nSPS) is 37.1. The van der Waals surface area contributed by atoms with Gasteiger partial charge in [-0.25, -0.2) is 0 Å². The van der Waals surface area contributed by atoms with Crippen LogP contribution in [0.2, 0.25) is 0 Å². The van der Waals surface area contributed by atoms with Gasteiger partial charge < -0.3 is 5.32 Å². The topological polar surface area (TPSA) is 12.0 Å². The van der Waals surface area contributed by atoms with Gasteiger partial charge in [0.25, 0.3) is 0 Å². The van der Waals surface area contributed by atoms with Crippen LogP contribution in [0.5, 0.6) is 0 Å². The van der Waals surface area contributed by atoms with Crippen LogP contribution in [-0.4, -0.2) is 36.5 Å². The Bertz CT molecular complexity index is 90.1. The van der Waals surface area contributed by atoms with Crippen LogP contribution in [0.15, 0.2) is 0 Å². The van der Waals surface area contributed by atoms with Crippen molar-refractivity contribution >= 4 is 23.9 Å². The van der Waals surface area contributed by atoms with Gasteiger partial charge >= 0.3 is 0 Å². The zero-order valence-corrected chi connectivity index (χ0v) is 9.96. The van der Waals surface area contributed by atoms with E-state index in [9.17, 15) is 0 Å². The average molecular weight is 258 g/mol. The summed E-state index contributed by atoms with van der Waals surface area (Å²) in [6, 6.07) is 0.905. The van der Waals surface area contributed by atoms with Gasteiger partial charge in [-0.2, -0.15) is 0 Å². The molecule has 1 saturated heterocycles. The summed E-state index contributed by atoms with van der Waals surface area (Å²) in [5.41, 5.74) is 0. The minimum atomic E-state index is 0. The molecule has 1 aliphatic carbocycles. The summed E-state index contributed by atoms with van der Waals surface area (Å²) in [5, 5.41) is 3.62. The fourth-order valence-electron chi connectivity index (χ4n) is 2.47. The van der Waals surface area contributed by atoms with Gasteiger partial charge in [0.1, 0.15) is 0 Å². The largest absolute Gasteiger partial charge is 0.314 e. The maximum Gasteiger partial charge on any atom is 0.00953 e. The van der Waals surface area contributed by atoms with Crippen LogP contribution in [0, 0.1) is 5.92 Å². The Morgan fingerprint density at radius 2 is 1.64 bits per heavy atom. The van der Waals surface area contributed by atoms with E-state index in [0.29, 0.717) is 0 Å². The molecule has 62 valence electrons. The fourth-order valence-corrected chi connectivity index (χ4v) is 2.47. The molecule has 2 rings (SSSR count). The summed E-state index contributed by atoms with van der Waals surface area (Å²) in [7, 11) is 0. The molecule has 1 N–H and O–H groups in total. The van der Waals surface area contributed by atoms with Gasteiger partial charge in [0.2, 0.25) is 0 Å². The van der Waals surface area contributed by atoms with Crippen molar-refractivity contribution in [2.45, 2.75) is 44.6 Å². The van der Waals surface area contributed by atoms with Crippen LogP contribution in [-0.2, 0) is 0 Å². The smallest absolute Gasteiger partial charge is 0.00953 e. The molecule has 0 unspecified atom stereocenters. The molecular weight excluding hydrogens is 241 g/mol. The maximum atomic E-state index is 3.62. The first-order valence-electron chi connectivity index (χ1n) is 4.70. The van der Waals surface area contributed by atoms with Crippen molar-refractivity contribution in [3.8, 4) is 0 Å². The molecule has 2 fully saturated rings. The number of piperidine rings is 1. The number of hydrogen-bond acceptors (Lipinski definition) is 1. The summed E-state index contributed by atoms with van der Waals surface area (Å²) in [6.45, 7) is 1.28. The SMILES string of the molecule is C1CC[C@H]2NCCC[C@H]2C1.[Sn]. The van der Waals surface area contributed by atoms with Crippen molar-refractivity contribution in [2.24, 2.45) is 5.92 Å². The molecule has 1 nitrogen and oxygen atoms in total. The van der Waals surface area contributed by atoms with E-state index in [1.807, 2.05) is 0 Å². The Kier molecular flexibility index (Phi) is 4.21. The van der Waals surface area contributed by atoms with E-state index in [1.54, 1.807) is 0 Å². The summed E-state index contributed by atoms with van der Waals surface area (Å²) in [4.78, 5) is 0. The summed E-state index contributed by atoms with van der Waals surface area (Å²) in [5.74, 6) is 1.04. The van der Waals surface area contributed by atoms with Crippen LogP contribution < -0.4 is 5.32 Å². The van der Waals surface area contributed by atoms with Gasteiger partial charge in [0.05, 0.1) is 0 Å². The van der Waals surface area contributed by atoms with Crippen LogP contribution >= 0.6 is 0 Å². The molecule has 2 aliphatic rings. The van der Waals surface area contributed by atoms with E-state index in [0.717, 1.165) is 12.0 Å². The third-order valence-corrected chi connectivity index (χ3v) is 3.07. The van der Waals surface area contributed by atoms with E-state index in [2.05, 4.69) is 5.32 Å². The van der Waals surface area contributed by atoms with Crippen LogP contribution in [0.25, 0.3) is 0 Å². The first-order valence-corrected chi connectivity index (χ1v) is 4.70. The van der Waals surface area contributed by atoms with Gasteiger partial charge in [-0.15, -0.1) is 0 Å². The van der Waals surface area contributed by atoms with Crippen molar-refractivity contribution in [1.82, 2.24) is 5.32 Å². The second kappa shape index (κ2) is 4.70. The van der Waals surface area contributed by atoms with Crippen molar-refractivity contribution in [2.75, 3.05) is 6.54 Å². The molecule has 0 bridgehead atoms. The van der Waals surface area contributed by atoms with Gasteiger partial charge in [-0.1, -0.05) is 12.8 Å². The molecule has 4 radical (unpaired) electrons. The predicted molar refractivity (Wildman–Crippen MR) is 48.7 cm³/mol. The summed E-state index contributed by atoms with van der Waals surface area (Å²) in [6.07, 6.45) is 8.82. The van der Waals surface area contributed by atoms with Crippen molar-refractivity contribution < 1.29 is 0 Å². The molecule has 0 aromatic carbocycles. The molecule has 0 aromatic heterocycles. The fraction of sp³-hybridized carbons (Fsp3) is 1.00. The Labute approximate surface area is 86.3 Å². The van der Waals surface area contributed by atoms with E-state index < -0.39 is 0 Å². The molecule has 0 amide bonds. The van der Waals surface area contributed by atoms with Crippen molar-refractivity contribution in [3.63, 3.8) is 0 Å². The first kappa shape index (κ1) is 9.84. The third-order valence-electron chi connectivity index (χ3n) is 3.07. The third kappa shape index (κ3) is 2.35. The van der Waals surface area contributed by atoms with E-state index in [-0.39, 0.29) is 23.9 Å². The average Bonchev–Trinajstić information content (AvgIpc) is 2.05. The summed E-state index contributed by atoms with van der Waals surface area (Å²) < 4.78 is 0. The van der Waals surface area contributed by atoms with Gasteiger partial charge in [-0.3, -0.25) is 0 Å². The van der Waals surface area contributed by atoms with Gasteiger partial charge in [-0.05, 0) is 38.1 Å². The zero-order chi connectivity index (χ0) is 6.81. The quantitative estimate of drug-likeness (QED) is 0.650. The summed E-state index contributed by atoms with van der Waals surface area (Å²) >= 11 is 0. The number of hydrogen-bond donors (Lipinski definition) is 1. The van der Waals surface area contributed by atoms with E-state index >= 15 is 0 Å². The Hall–Kier alpha value is 0.759. The molecule has 1 saturated carbocycles. The van der Waals surface area contributed by atoms with Crippen LogP contribution in [0.4, 0.5) is 0 Å². The van der Waals surface area contributed by atoms with Crippen molar-refractivity contribution in [1.29, 1.82) is 0 Å². The molecule has 11 heavy (non-hydrogen) atoms. The molecular formula is C9H17NSn. The van der Waals surface area contributed by atoms with E-state index in [4.69, 9.17) is 0 Å². The molecule has 2 atom stereocenters. The number of nitrogens with one attached hydrogen (secondary N) is 1. The second-order valence-electron chi connectivity index (χ2n) is 3.75. The number of rotatable bonds is 0. The maximum absolute atomic E-state index is 3.62. The number of fused-ring (bicyclic) bond motifs is 1. The van der Waals surface area contributed by atoms with Gasteiger partial charge in [0.15, 0.2) is 0 Å². The molecule has 1 heterocycles. The zero-order valence-electron chi connectivity index (χ0n) is 7.10. The second-order valence-corrected chi connectivity index (χ2v) is 3.75. The first-order chi connectivity index (χ1) is 4.97. The van der Waals surface area contributed by atoms with Crippen LogP contribution in [0.1, 0.15) is 38.5 Å². The predicted octanol–water partition coefficient (Wildman–Crippen LogP) is 1.55. The molecule has 0 aromatic rings. The minimum absolute atomic E-state index is 0. The Morgan fingerprint density at radius 1 is 0.909 bits per heavy atom. The Balaban J connectivity index is 0.000000605. The molecule has 2 heteroatoms. The van der Waals surface area contributed by atoms with E-state index in [1.165, 1.54) is 45.1 Å². The standard InChI is InChI=1S/C9H17N.Sn/c1-2-6-9-8(4-1)5-3-7-10-9;/h8-10H,1-7H2;/t8-,9-;/m1./s1. The Morgan fingerprint density at radius 3 is 2.45 bits per heavy atom.